The molecule has 0 saturated heterocycles. The Bertz CT molecular complexity index is 511. The van der Waals surface area contributed by atoms with Crippen LogP contribution in [0.15, 0.2) is 36.5 Å². The lowest BCUT2D eigenvalue weighted by Crippen LogP contribution is -2.14. The topological polar surface area (TPSA) is 43.8 Å². The van der Waals surface area contributed by atoms with Crippen molar-refractivity contribution in [2.45, 2.75) is 45.7 Å². The second kappa shape index (κ2) is 6.02. The molecule has 1 heterocycles. The average molecular weight is 257 g/mol. The van der Waals surface area contributed by atoms with Crippen LogP contribution < -0.4 is 5.73 Å². The zero-order chi connectivity index (χ0) is 13.8. The standard InChI is InChI=1S/C16H23N3/c1-4-13-5-7-14(8-6-13)16(17)11-15-9-10-19(18-15)12(2)3/h5-10,12,16H,4,11,17H2,1-3H3. The summed E-state index contributed by atoms with van der Waals surface area (Å²) in [4.78, 5) is 0. The highest BCUT2D eigenvalue weighted by Gasteiger charge is 2.10. The molecule has 19 heavy (non-hydrogen) atoms. The Hall–Kier alpha value is -1.61. The molecule has 0 aliphatic rings. The molecule has 2 N–H and O–H groups in total. The fourth-order valence-corrected chi connectivity index (χ4v) is 2.12. The zero-order valence-corrected chi connectivity index (χ0v) is 12.0. The number of hydrogen-bond acceptors (Lipinski definition) is 2. The largest absolute Gasteiger partial charge is 0.324 e. The Kier molecular flexibility index (Phi) is 4.38. The molecule has 3 nitrogen and oxygen atoms in total. The molecule has 0 spiro atoms. The van der Waals surface area contributed by atoms with Gasteiger partial charge in [-0.15, -0.1) is 0 Å². The van der Waals surface area contributed by atoms with Crippen LogP contribution >= 0.6 is 0 Å². The van der Waals surface area contributed by atoms with Gasteiger partial charge in [-0.05, 0) is 37.5 Å². The van der Waals surface area contributed by atoms with Crippen molar-refractivity contribution >= 4 is 0 Å². The van der Waals surface area contributed by atoms with Crippen LogP contribution in [-0.2, 0) is 12.8 Å². The van der Waals surface area contributed by atoms with E-state index in [2.05, 4.69) is 56.2 Å². The maximum atomic E-state index is 6.25. The van der Waals surface area contributed by atoms with Crippen molar-refractivity contribution in [1.82, 2.24) is 9.78 Å². The van der Waals surface area contributed by atoms with Gasteiger partial charge in [-0.1, -0.05) is 31.2 Å². The van der Waals surface area contributed by atoms with Crippen LogP contribution in [0.2, 0.25) is 0 Å². The van der Waals surface area contributed by atoms with Gasteiger partial charge in [0.25, 0.3) is 0 Å². The molecule has 0 radical (unpaired) electrons. The zero-order valence-electron chi connectivity index (χ0n) is 12.0. The number of nitrogens with zero attached hydrogens (tertiary/aromatic N) is 2. The summed E-state index contributed by atoms with van der Waals surface area (Å²) in [7, 11) is 0. The minimum Gasteiger partial charge on any atom is -0.324 e. The molecular formula is C16H23N3. The highest BCUT2D eigenvalue weighted by molar-refractivity contribution is 5.25. The van der Waals surface area contributed by atoms with Gasteiger partial charge in [-0.2, -0.15) is 5.10 Å². The number of benzene rings is 1. The first kappa shape index (κ1) is 13.8. The predicted octanol–water partition coefficient (Wildman–Crippen LogP) is 3.27. The van der Waals surface area contributed by atoms with Gasteiger partial charge in [0, 0.05) is 24.7 Å². The van der Waals surface area contributed by atoms with E-state index in [1.54, 1.807) is 0 Å². The van der Waals surface area contributed by atoms with Crippen molar-refractivity contribution in [3.8, 4) is 0 Å². The number of hydrogen-bond donors (Lipinski definition) is 1. The van der Waals surface area contributed by atoms with Crippen LogP contribution in [0, 0.1) is 0 Å². The molecule has 3 heteroatoms. The summed E-state index contributed by atoms with van der Waals surface area (Å²) >= 11 is 0. The molecule has 1 atom stereocenters. The SMILES string of the molecule is CCc1ccc(C(N)Cc2ccn(C(C)C)n2)cc1. The molecule has 1 aromatic heterocycles. The molecule has 0 fully saturated rings. The molecule has 102 valence electrons. The summed E-state index contributed by atoms with van der Waals surface area (Å²) in [5.41, 5.74) is 9.84. The van der Waals surface area contributed by atoms with Crippen molar-refractivity contribution in [3.63, 3.8) is 0 Å². The Balaban J connectivity index is 2.04. The molecule has 2 rings (SSSR count). The molecule has 2 aromatic rings. The summed E-state index contributed by atoms with van der Waals surface area (Å²) in [5.74, 6) is 0. The Morgan fingerprint density at radius 1 is 1.16 bits per heavy atom. The van der Waals surface area contributed by atoms with E-state index < -0.39 is 0 Å². The maximum Gasteiger partial charge on any atom is 0.0643 e. The van der Waals surface area contributed by atoms with E-state index in [1.807, 2.05) is 10.9 Å². The van der Waals surface area contributed by atoms with Crippen LogP contribution in [0.3, 0.4) is 0 Å². The highest BCUT2D eigenvalue weighted by atomic mass is 15.3. The van der Waals surface area contributed by atoms with Gasteiger partial charge in [-0.25, -0.2) is 0 Å². The molecule has 1 unspecified atom stereocenters. The van der Waals surface area contributed by atoms with E-state index in [0.29, 0.717) is 6.04 Å². The second-order valence-corrected chi connectivity index (χ2v) is 5.29. The number of rotatable bonds is 5. The fraction of sp³-hybridized carbons (Fsp3) is 0.438. The first-order valence-corrected chi connectivity index (χ1v) is 6.98. The van der Waals surface area contributed by atoms with Gasteiger partial charge < -0.3 is 5.73 Å². The molecule has 0 saturated carbocycles. The summed E-state index contributed by atoms with van der Waals surface area (Å²) in [6.07, 6.45) is 3.87. The lowest BCUT2D eigenvalue weighted by Gasteiger charge is -2.11. The third kappa shape index (κ3) is 3.44. The number of aryl methyl sites for hydroxylation is 1. The van der Waals surface area contributed by atoms with Gasteiger partial charge >= 0.3 is 0 Å². The summed E-state index contributed by atoms with van der Waals surface area (Å²) in [5, 5.41) is 4.55. The molecular weight excluding hydrogens is 234 g/mol. The van der Waals surface area contributed by atoms with Crippen LogP contribution in [0.25, 0.3) is 0 Å². The molecule has 1 aromatic carbocycles. The van der Waals surface area contributed by atoms with E-state index in [4.69, 9.17) is 5.73 Å². The molecule has 0 aliphatic carbocycles. The van der Waals surface area contributed by atoms with Gasteiger partial charge in [-0.3, -0.25) is 4.68 Å². The molecule has 0 aliphatic heterocycles. The van der Waals surface area contributed by atoms with Crippen LogP contribution in [0.1, 0.15) is 49.7 Å². The minimum atomic E-state index is 0.0152. The van der Waals surface area contributed by atoms with Crippen LogP contribution in [0.4, 0.5) is 0 Å². The maximum absolute atomic E-state index is 6.25. The van der Waals surface area contributed by atoms with Gasteiger partial charge in [0.2, 0.25) is 0 Å². The lowest BCUT2D eigenvalue weighted by atomic mass is 10.0. The van der Waals surface area contributed by atoms with E-state index in [-0.39, 0.29) is 6.04 Å². The minimum absolute atomic E-state index is 0.0152. The van der Waals surface area contributed by atoms with E-state index in [9.17, 15) is 0 Å². The number of nitrogens with two attached hydrogens (primary N) is 1. The molecule has 0 amide bonds. The number of aromatic nitrogens is 2. The first-order valence-electron chi connectivity index (χ1n) is 6.98. The smallest absolute Gasteiger partial charge is 0.0643 e. The highest BCUT2D eigenvalue weighted by Crippen LogP contribution is 2.17. The fourth-order valence-electron chi connectivity index (χ4n) is 2.12. The third-order valence-electron chi connectivity index (χ3n) is 3.44. The lowest BCUT2D eigenvalue weighted by molar-refractivity contribution is 0.522. The Morgan fingerprint density at radius 3 is 2.37 bits per heavy atom. The van der Waals surface area contributed by atoms with E-state index in [0.717, 1.165) is 18.5 Å². The monoisotopic (exact) mass is 257 g/mol. The summed E-state index contributed by atoms with van der Waals surface area (Å²) in [6, 6.07) is 11.0. The molecule has 0 bridgehead atoms. The van der Waals surface area contributed by atoms with Crippen molar-refractivity contribution < 1.29 is 0 Å². The van der Waals surface area contributed by atoms with Crippen LogP contribution in [0.5, 0.6) is 0 Å². The van der Waals surface area contributed by atoms with Gasteiger partial charge in [0.15, 0.2) is 0 Å². The van der Waals surface area contributed by atoms with Crippen molar-refractivity contribution in [2.24, 2.45) is 5.73 Å². The Labute approximate surface area is 115 Å². The van der Waals surface area contributed by atoms with Gasteiger partial charge in [0.1, 0.15) is 0 Å². The first-order chi connectivity index (χ1) is 9.10. The Morgan fingerprint density at radius 2 is 1.84 bits per heavy atom. The summed E-state index contributed by atoms with van der Waals surface area (Å²) < 4.78 is 1.97. The van der Waals surface area contributed by atoms with E-state index >= 15 is 0 Å². The average Bonchev–Trinajstić information content (AvgIpc) is 2.87. The van der Waals surface area contributed by atoms with Crippen molar-refractivity contribution in [2.75, 3.05) is 0 Å². The third-order valence-corrected chi connectivity index (χ3v) is 3.44. The van der Waals surface area contributed by atoms with Crippen molar-refractivity contribution in [1.29, 1.82) is 0 Å². The van der Waals surface area contributed by atoms with Crippen LogP contribution in [-0.4, -0.2) is 9.78 Å². The second-order valence-electron chi connectivity index (χ2n) is 5.29. The quantitative estimate of drug-likeness (QED) is 0.893. The van der Waals surface area contributed by atoms with Crippen molar-refractivity contribution in [3.05, 3.63) is 53.3 Å². The normalized spacial score (nSPS) is 12.9. The predicted molar refractivity (Wildman–Crippen MR) is 79.1 cm³/mol. The summed E-state index contributed by atoms with van der Waals surface area (Å²) in [6.45, 7) is 6.41. The van der Waals surface area contributed by atoms with E-state index in [1.165, 1.54) is 11.1 Å². The van der Waals surface area contributed by atoms with Gasteiger partial charge in [0.05, 0.1) is 5.69 Å².